The Labute approximate surface area is 154 Å². The molecule has 4 heteroatoms. The molecule has 0 saturated heterocycles. The van der Waals surface area contributed by atoms with Crippen LogP contribution < -0.4 is 10.5 Å². The summed E-state index contributed by atoms with van der Waals surface area (Å²) in [7, 11) is 0. The number of para-hydroxylation sites is 2. The summed E-state index contributed by atoms with van der Waals surface area (Å²) < 4.78 is 11.4. The second kappa shape index (κ2) is 7.12. The average molecular weight is 350 g/mol. The number of fused-ring (bicyclic) bond motifs is 1. The molecule has 1 atom stereocenters. The van der Waals surface area contributed by atoms with E-state index in [1.807, 2.05) is 36.4 Å². The van der Waals surface area contributed by atoms with Crippen LogP contribution in [0.2, 0.25) is 0 Å². The fourth-order valence-corrected chi connectivity index (χ4v) is 3.79. The molecule has 1 heterocycles. The molecule has 26 heavy (non-hydrogen) atoms. The predicted octanol–water partition coefficient (Wildman–Crippen LogP) is 5.32. The minimum atomic E-state index is 0.281. The SMILES string of the molecule is CC(CCN)(CCc1ccc(Oc2nc3ccccc3o2)cc1)C1CC1. The van der Waals surface area contributed by atoms with Crippen LogP contribution in [0.4, 0.5) is 0 Å². The molecule has 2 aromatic carbocycles. The summed E-state index contributed by atoms with van der Waals surface area (Å²) in [6.45, 7) is 3.19. The summed E-state index contributed by atoms with van der Waals surface area (Å²) in [6.07, 6.45) is 6.41. The topological polar surface area (TPSA) is 61.3 Å². The van der Waals surface area contributed by atoms with Crippen molar-refractivity contribution in [2.24, 2.45) is 17.1 Å². The number of aromatic nitrogens is 1. The average Bonchev–Trinajstić information content (AvgIpc) is 3.43. The largest absolute Gasteiger partial charge is 0.411 e. The summed E-state index contributed by atoms with van der Waals surface area (Å²) in [5, 5.41) is 0. The lowest BCUT2D eigenvalue weighted by Gasteiger charge is -2.29. The van der Waals surface area contributed by atoms with Crippen molar-refractivity contribution in [3.8, 4) is 11.8 Å². The van der Waals surface area contributed by atoms with Gasteiger partial charge < -0.3 is 14.9 Å². The maximum Gasteiger partial charge on any atom is 0.400 e. The van der Waals surface area contributed by atoms with Crippen molar-refractivity contribution in [1.82, 2.24) is 4.98 Å². The van der Waals surface area contributed by atoms with E-state index >= 15 is 0 Å². The monoisotopic (exact) mass is 350 g/mol. The minimum absolute atomic E-state index is 0.281. The Kier molecular flexibility index (Phi) is 4.68. The molecular formula is C22H26N2O2. The molecular weight excluding hydrogens is 324 g/mol. The van der Waals surface area contributed by atoms with Crippen LogP contribution in [0.25, 0.3) is 11.1 Å². The minimum Gasteiger partial charge on any atom is -0.411 e. The van der Waals surface area contributed by atoms with Crippen molar-refractivity contribution in [2.45, 2.75) is 39.0 Å². The first kappa shape index (κ1) is 17.1. The van der Waals surface area contributed by atoms with Gasteiger partial charge in [-0.25, -0.2) is 0 Å². The van der Waals surface area contributed by atoms with E-state index in [-0.39, 0.29) is 6.08 Å². The zero-order valence-electron chi connectivity index (χ0n) is 15.3. The van der Waals surface area contributed by atoms with Gasteiger partial charge in [-0.05, 0) is 79.8 Å². The third-order valence-corrected chi connectivity index (χ3v) is 5.67. The standard InChI is InChI=1S/C22H26N2O2/c1-22(14-15-23,17-8-9-17)13-12-16-6-10-18(11-7-16)25-21-24-19-4-2-3-5-20(19)26-21/h2-7,10-11,17H,8-9,12-15,23H2,1H3. The summed E-state index contributed by atoms with van der Waals surface area (Å²) >= 11 is 0. The van der Waals surface area contributed by atoms with Gasteiger partial charge in [-0.15, -0.1) is 0 Å². The van der Waals surface area contributed by atoms with E-state index in [1.165, 1.54) is 24.8 Å². The summed E-state index contributed by atoms with van der Waals surface area (Å²) in [5.74, 6) is 1.61. The maximum atomic E-state index is 5.84. The van der Waals surface area contributed by atoms with Crippen LogP contribution in [-0.2, 0) is 6.42 Å². The Balaban J connectivity index is 1.38. The second-order valence-corrected chi connectivity index (χ2v) is 7.66. The van der Waals surface area contributed by atoms with Crippen molar-refractivity contribution in [3.63, 3.8) is 0 Å². The Morgan fingerprint density at radius 1 is 1.12 bits per heavy atom. The van der Waals surface area contributed by atoms with Gasteiger partial charge in [0, 0.05) is 0 Å². The Hall–Kier alpha value is -2.33. The summed E-state index contributed by atoms with van der Waals surface area (Å²) in [6, 6.07) is 15.9. The number of hydrogen-bond acceptors (Lipinski definition) is 4. The fraction of sp³-hybridized carbons (Fsp3) is 0.409. The molecule has 0 bridgehead atoms. The van der Waals surface area contributed by atoms with Crippen LogP contribution in [0.1, 0.15) is 38.2 Å². The lowest BCUT2D eigenvalue weighted by molar-refractivity contribution is 0.232. The van der Waals surface area contributed by atoms with Crippen LogP contribution >= 0.6 is 0 Å². The van der Waals surface area contributed by atoms with Gasteiger partial charge >= 0.3 is 6.08 Å². The van der Waals surface area contributed by atoms with Gasteiger partial charge in [0.05, 0.1) is 0 Å². The first-order valence-electron chi connectivity index (χ1n) is 9.49. The zero-order valence-corrected chi connectivity index (χ0v) is 15.3. The van der Waals surface area contributed by atoms with Gasteiger partial charge in [0.2, 0.25) is 0 Å². The number of hydrogen-bond donors (Lipinski definition) is 1. The molecule has 4 rings (SSSR count). The summed E-state index contributed by atoms with van der Waals surface area (Å²) in [4.78, 5) is 4.35. The highest BCUT2D eigenvalue weighted by Crippen LogP contribution is 2.50. The molecule has 136 valence electrons. The van der Waals surface area contributed by atoms with Crippen LogP contribution in [0.3, 0.4) is 0 Å². The molecule has 1 saturated carbocycles. The van der Waals surface area contributed by atoms with Gasteiger partial charge in [0.25, 0.3) is 0 Å². The van der Waals surface area contributed by atoms with E-state index in [9.17, 15) is 0 Å². The van der Waals surface area contributed by atoms with E-state index in [4.69, 9.17) is 14.9 Å². The van der Waals surface area contributed by atoms with Crippen LogP contribution in [-0.4, -0.2) is 11.5 Å². The molecule has 0 radical (unpaired) electrons. The molecule has 3 aromatic rings. The second-order valence-electron chi connectivity index (χ2n) is 7.66. The van der Waals surface area contributed by atoms with Gasteiger partial charge in [-0.2, -0.15) is 4.98 Å². The third kappa shape index (κ3) is 3.75. The van der Waals surface area contributed by atoms with Crippen molar-refractivity contribution >= 4 is 11.1 Å². The highest BCUT2D eigenvalue weighted by molar-refractivity contribution is 5.72. The normalized spacial score (nSPS) is 16.5. The Morgan fingerprint density at radius 3 is 2.58 bits per heavy atom. The van der Waals surface area contributed by atoms with Crippen molar-refractivity contribution in [1.29, 1.82) is 0 Å². The number of ether oxygens (including phenoxy) is 1. The molecule has 0 spiro atoms. The van der Waals surface area contributed by atoms with Crippen LogP contribution in [0.15, 0.2) is 52.9 Å². The molecule has 1 unspecified atom stereocenters. The molecule has 0 amide bonds. The van der Waals surface area contributed by atoms with Gasteiger partial charge in [0.15, 0.2) is 5.58 Å². The van der Waals surface area contributed by atoms with Crippen molar-refractivity contribution in [3.05, 3.63) is 54.1 Å². The Bertz CT molecular complexity index is 834. The van der Waals surface area contributed by atoms with Gasteiger partial charge in [-0.1, -0.05) is 31.2 Å². The molecule has 1 aromatic heterocycles. The van der Waals surface area contributed by atoms with E-state index in [2.05, 4.69) is 24.0 Å². The zero-order chi connectivity index (χ0) is 18.0. The molecule has 0 aliphatic heterocycles. The van der Waals surface area contributed by atoms with Crippen LogP contribution in [0.5, 0.6) is 11.8 Å². The Morgan fingerprint density at radius 2 is 1.88 bits per heavy atom. The fourth-order valence-electron chi connectivity index (χ4n) is 3.79. The lowest BCUT2D eigenvalue weighted by atomic mass is 9.76. The van der Waals surface area contributed by atoms with Crippen molar-refractivity contribution in [2.75, 3.05) is 6.54 Å². The lowest BCUT2D eigenvalue weighted by Crippen LogP contribution is -2.24. The summed E-state index contributed by atoms with van der Waals surface area (Å²) in [5.41, 5.74) is 9.10. The highest BCUT2D eigenvalue weighted by atomic mass is 16.6. The number of rotatable bonds is 8. The molecule has 2 N–H and O–H groups in total. The molecule has 4 nitrogen and oxygen atoms in total. The number of nitrogens with two attached hydrogens (primary N) is 1. The van der Waals surface area contributed by atoms with Gasteiger partial charge in [0.1, 0.15) is 11.3 Å². The van der Waals surface area contributed by atoms with E-state index in [0.29, 0.717) is 5.41 Å². The first-order chi connectivity index (χ1) is 12.7. The number of benzene rings is 2. The van der Waals surface area contributed by atoms with E-state index in [1.54, 1.807) is 0 Å². The van der Waals surface area contributed by atoms with Crippen molar-refractivity contribution < 1.29 is 9.15 Å². The molecule has 1 aliphatic carbocycles. The number of aryl methyl sites for hydroxylation is 1. The number of nitrogens with zero attached hydrogens (tertiary/aromatic N) is 1. The smallest absolute Gasteiger partial charge is 0.400 e. The maximum absolute atomic E-state index is 5.84. The predicted molar refractivity (Wildman–Crippen MR) is 103 cm³/mol. The highest BCUT2D eigenvalue weighted by Gasteiger charge is 2.40. The van der Waals surface area contributed by atoms with Gasteiger partial charge in [-0.3, -0.25) is 0 Å². The van der Waals surface area contributed by atoms with Crippen LogP contribution in [0, 0.1) is 11.3 Å². The van der Waals surface area contributed by atoms with E-state index in [0.717, 1.165) is 42.2 Å². The quantitative estimate of drug-likeness (QED) is 0.597. The first-order valence-corrected chi connectivity index (χ1v) is 9.49. The third-order valence-electron chi connectivity index (χ3n) is 5.67. The van der Waals surface area contributed by atoms with E-state index < -0.39 is 0 Å². The number of oxazole rings is 1. The molecule has 1 fully saturated rings. The molecule has 1 aliphatic rings.